The fourth-order valence-corrected chi connectivity index (χ4v) is 3.47. The van der Waals surface area contributed by atoms with Gasteiger partial charge >= 0.3 is 0 Å². The summed E-state index contributed by atoms with van der Waals surface area (Å²) in [5.74, 6) is 0.0144. The number of benzene rings is 1. The minimum Gasteiger partial charge on any atom is -0.364 e. The molecule has 0 saturated carbocycles. The van der Waals surface area contributed by atoms with Gasteiger partial charge in [-0.1, -0.05) is 6.07 Å². The standard InChI is InChI=1S/C23H18F2N6/c1-15-3-2-4-23(28-15)31-20(17-5-6-22-26-7-8-30(22)14-17)12-21(29-31)27-13-16-9-18(24)11-19(25)10-16/h2-12,14H,13H2,1H3,(H,27,29). The maximum Gasteiger partial charge on any atom is 0.154 e. The zero-order chi connectivity index (χ0) is 21.4. The number of anilines is 1. The van der Waals surface area contributed by atoms with E-state index in [1.807, 2.05) is 60.1 Å². The van der Waals surface area contributed by atoms with Crippen LogP contribution in [0.3, 0.4) is 0 Å². The Morgan fingerprint density at radius 1 is 1.00 bits per heavy atom. The largest absolute Gasteiger partial charge is 0.364 e. The summed E-state index contributed by atoms with van der Waals surface area (Å²) in [4.78, 5) is 8.87. The van der Waals surface area contributed by atoms with E-state index < -0.39 is 11.6 Å². The van der Waals surface area contributed by atoms with Gasteiger partial charge in [-0.2, -0.15) is 0 Å². The van der Waals surface area contributed by atoms with Crippen molar-refractivity contribution >= 4 is 11.5 Å². The van der Waals surface area contributed by atoms with Crippen molar-refractivity contribution in [3.63, 3.8) is 0 Å². The zero-order valence-corrected chi connectivity index (χ0v) is 16.6. The lowest BCUT2D eigenvalue weighted by molar-refractivity contribution is 0.580. The van der Waals surface area contributed by atoms with Crippen molar-refractivity contribution in [2.75, 3.05) is 5.32 Å². The quantitative estimate of drug-likeness (QED) is 0.448. The molecular weight excluding hydrogens is 398 g/mol. The van der Waals surface area contributed by atoms with E-state index >= 15 is 0 Å². The SMILES string of the molecule is Cc1cccc(-n2nc(NCc3cc(F)cc(F)c3)cc2-c2ccc3nccn3c2)n1. The highest BCUT2D eigenvalue weighted by atomic mass is 19.1. The number of aromatic nitrogens is 5. The number of aryl methyl sites for hydroxylation is 1. The van der Waals surface area contributed by atoms with E-state index in [-0.39, 0.29) is 6.54 Å². The monoisotopic (exact) mass is 416 g/mol. The number of halogens is 2. The van der Waals surface area contributed by atoms with Crippen molar-refractivity contribution in [1.29, 1.82) is 0 Å². The van der Waals surface area contributed by atoms with E-state index in [4.69, 9.17) is 0 Å². The lowest BCUT2D eigenvalue weighted by Gasteiger charge is -2.08. The number of nitrogens with zero attached hydrogens (tertiary/aromatic N) is 5. The van der Waals surface area contributed by atoms with Crippen molar-refractivity contribution in [2.45, 2.75) is 13.5 Å². The second-order valence-electron chi connectivity index (χ2n) is 7.21. The van der Waals surface area contributed by atoms with Gasteiger partial charge in [0.1, 0.15) is 23.1 Å². The molecular formula is C23H18F2N6. The third-order valence-corrected chi connectivity index (χ3v) is 4.88. The highest BCUT2D eigenvalue weighted by molar-refractivity contribution is 5.66. The molecule has 0 aliphatic rings. The smallest absolute Gasteiger partial charge is 0.154 e. The number of hydrogen-bond donors (Lipinski definition) is 1. The van der Waals surface area contributed by atoms with Crippen LogP contribution in [0.15, 0.2) is 73.2 Å². The summed E-state index contributed by atoms with van der Waals surface area (Å²) in [7, 11) is 0. The van der Waals surface area contributed by atoms with E-state index in [1.54, 1.807) is 10.9 Å². The Kier molecular flexibility index (Phi) is 4.66. The topological polar surface area (TPSA) is 60.0 Å². The summed E-state index contributed by atoms with van der Waals surface area (Å²) in [6.07, 6.45) is 5.59. The van der Waals surface area contributed by atoms with Gasteiger partial charge in [0.15, 0.2) is 5.82 Å². The molecule has 0 fully saturated rings. The molecule has 6 nitrogen and oxygen atoms in total. The summed E-state index contributed by atoms with van der Waals surface area (Å²) in [6.45, 7) is 2.15. The first-order valence-corrected chi connectivity index (χ1v) is 9.71. The molecule has 0 unspecified atom stereocenters. The lowest BCUT2D eigenvalue weighted by Crippen LogP contribution is -2.05. The third kappa shape index (κ3) is 3.87. The second-order valence-corrected chi connectivity index (χ2v) is 7.21. The molecule has 0 atom stereocenters. The van der Waals surface area contributed by atoms with Crippen molar-refractivity contribution in [3.8, 4) is 17.1 Å². The van der Waals surface area contributed by atoms with E-state index in [0.717, 1.165) is 28.7 Å². The molecule has 0 bridgehead atoms. The summed E-state index contributed by atoms with van der Waals surface area (Å²) >= 11 is 0. The fraction of sp³-hybridized carbons (Fsp3) is 0.0870. The average molecular weight is 416 g/mol. The van der Waals surface area contributed by atoms with Gasteiger partial charge in [-0.15, -0.1) is 5.10 Å². The average Bonchev–Trinajstić information content (AvgIpc) is 3.38. The van der Waals surface area contributed by atoms with E-state index in [9.17, 15) is 8.78 Å². The molecule has 1 aromatic carbocycles. The Morgan fingerprint density at radius 3 is 2.65 bits per heavy atom. The predicted octanol–water partition coefficient (Wildman–Crippen LogP) is 4.78. The Bertz CT molecular complexity index is 1370. The van der Waals surface area contributed by atoms with Crippen LogP contribution in [0.1, 0.15) is 11.3 Å². The fourth-order valence-electron chi connectivity index (χ4n) is 3.47. The van der Waals surface area contributed by atoms with Gasteiger partial charge in [0.2, 0.25) is 0 Å². The minimum atomic E-state index is -0.611. The van der Waals surface area contributed by atoms with E-state index in [1.165, 1.54) is 12.1 Å². The Hall–Kier alpha value is -4.07. The Morgan fingerprint density at radius 2 is 1.84 bits per heavy atom. The number of rotatable bonds is 5. The van der Waals surface area contributed by atoms with Gasteiger partial charge in [-0.3, -0.25) is 0 Å². The molecule has 0 spiro atoms. The van der Waals surface area contributed by atoms with Crippen LogP contribution in [0.4, 0.5) is 14.6 Å². The molecule has 154 valence electrons. The van der Waals surface area contributed by atoms with Crippen LogP contribution in [0.2, 0.25) is 0 Å². The lowest BCUT2D eigenvalue weighted by atomic mass is 10.2. The Balaban J connectivity index is 1.54. The van der Waals surface area contributed by atoms with Crippen LogP contribution in [0, 0.1) is 18.6 Å². The summed E-state index contributed by atoms with van der Waals surface area (Å²) < 4.78 is 30.7. The molecule has 31 heavy (non-hydrogen) atoms. The van der Waals surface area contributed by atoms with Crippen LogP contribution in [-0.2, 0) is 6.54 Å². The first-order valence-electron chi connectivity index (χ1n) is 9.71. The molecule has 0 aliphatic carbocycles. The zero-order valence-electron chi connectivity index (χ0n) is 16.6. The summed E-state index contributed by atoms with van der Waals surface area (Å²) in [5, 5.41) is 7.81. The van der Waals surface area contributed by atoms with Crippen LogP contribution in [0.25, 0.3) is 22.7 Å². The third-order valence-electron chi connectivity index (χ3n) is 4.88. The van der Waals surface area contributed by atoms with Crippen molar-refractivity contribution in [2.24, 2.45) is 0 Å². The second kappa shape index (κ2) is 7.64. The number of hydrogen-bond acceptors (Lipinski definition) is 4. The van der Waals surface area contributed by atoms with Gasteiger partial charge in [0.25, 0.3) is 0 Å². The number of fused-ring (bicyclic) bond motifs is 1. The summed E-state index contributed by atoms with van der Waals surface area (Å²) in [6, 6.07) is 14.9. The Labute approximate surface area is 176 Å². The van der Waals surface area contributed by atoms with E-state index in [0.29, 0.717) is 17.2 Å². The van der Waals surface area contributed by atoms with Gasteiger partial charge in [-0.05, 0) is 48.9 Å². The molecule has 4 heterocycles. The van der Waals surface area contributed by atoms with E-state index in [2.05, 4.69) is 20.4 Å². The van der Waals surface area contributed by atoms with Gasteiger partial charge < -0.3 is 9.72 Å². The minimum absolute atomic E-state index is 0.229. The van der Waals surface area contributed by atoms with Crippen molar-refractivity contribution in [3.05, 3.63) is 96.1 Å². The van der Waals surface area contributed by atoms with Gasteiger partial charge in [-0.25, -0.2) is 23.4 Å². The maximum absolute atomic E-state index is 13.5. The van der Waals surface area contributed by atoms with Crippen LogP contribution >= 0.6 is 0 Å². The normalized spacial score (nSPS) is 11.2. The summed E-state index contributed by atoms with van der Waals surface area (Å²) in [5.41, 5.74) is 3.94. The molecule has 5 rings (SSSR count). The number of pyridine rings is 2. The molecule has 8 heteroatoms. The molecule has 4 aromatic heterocycles. The van der Waals surface area contributed by atoms with Crippen molar-refractivity contribution in [1.82, 2.24) is 24.1 Å². The number of nitrogens with one attached hydrogen (secondary N) is 1. The van der Waals surface area contributed by atoms with Crippen LogP contribution < -0.4 is 5.32 Å². The first kappa shape index (κ1) is 18.9. The predicted molar refractivity (Wildman–Crippen MR) is 114 cm³/mol. The highest BCUT2D eigenvalue weighted by Crippen LogP contribution is 2.26. The van der Waals surface area contributed by atoms with Crippen LogP contribution in [-0.4, -0.2) is 24.1 Å². The molecule has 1 N–H and O–H groups in total. The molecule has 5 aromatic rings. The molecule has 0 aliphatic heterocycles. The molecule has 0 amide bonds. The van der Waals surface area contributed by atoms with Gasteiger partial charge in [0.05, 0.1) is 5.69 Å². The highest BCUT2D eigenvalue weighted by Gasteiger charge is 2.14. The van der Waals surface area contributed by atoms with Gasteiger partial charge in [0, 0.05) is 48.5 Å². The maximum atomic E-state index is 13.5. The molecule has 0 saturated heterocycles. The molecule has 0 radical (unpaired) electrons. The first-order chi connectivity index (χ1) is 15.0. The van der Waals surface area contributed by atoms with Crippen molar-refractivity contribution < 1.29 is 8.78 Å². The van der Waals surface area contributed by atoms with Crippen LogP contribution in [0.5, 0.6) is 0 Å². The number of imidazole rings is 1.